The topological polar surface area (TPSA) is 72.2 Å². The lowest BCUT2D eigenvalue weighted by atomic mass is 9.99. The van der Waals surface area contributed by atoms with Crippen molar-refractivity contribution in [3.05, 3.63) is 29.6 Å². The van der Waals surface area contributed by atoms with Crippen molar-refractivity contribution >= 4 is 10.0 Å². The molecule has 3 N–H and O–H groups in total. The highest BCUT2D eigenvalue weighted by molar-refractivity contribution is 7.89. The molecule has 1 aromatic rings. The smallest absolute Gasteiger partial charge is 0.243 e. The molecular weight excluding hydrogens is 291 g/mol. The Bertz CT molecular complexity index is 645. The molecule has 0 heterocycles. The third-order valence-electron chi connectivity index (χ3n) is 3.29. The van der Waals surface area contributed by atoms with E-state index in [1.807, 2.05) is 20.8 Å². The van der Waals surface area contributed by atoms with E-state index in [0.717, 1.165) is 6.07 Å². The first-order chi connectivity index (χ1) is 9.77. The minimum Gasteiger partial charge on any atom is -0.320 e. The standard InChI is InChI=1S/C15H21FN2O2S/c1-11(2)12(3)10-18-21(19,20)15-7-6-13(5-4-8-17)9-14(15)16/h6-7,9,11-12,18H,8,10,17H2,1-3H3. The van der Waals surface area contributed by atoms with Crippen LogP contribution in [0.4, 0.5) is 4.39 Å². The van der Waals surface area contributed by atoms with E-state index in [2.05, 4.69) is 16.6 Å². The zero-order chi connectivity index (χ0) is 16.0. The Hall–Kier alpha value is -1.42. The summed E-state index contributed by atoms with van der Waals surface area (Å²) in [5.41, 5.74) is 5.63. The lowest BCUT2D eigenvalue weighted by Gasteiger charge is -2.16. The number of nitrogens with one attached hydrogen (secondary N) is 1. The first-order valence-electron chi connectivity index (χ1n) is 6.76. The summed E-state index contributed by atoms with van der Waals surface area (Å²) in [7, 11) is -3.85. The van der Waals surface area contributed by atoms with E-state index < -0.39 is 15.8 Å². The molecule has 116 valence electrons. The summed E-state index contributed by atoms with van der Waals surface area (Å²) in [6.45, 7) is 6.38. The fourth-order valence-corrected chi connectivity index (χ4v) is 2.70. The molecule has 0 spiro atoms. The molecule has 0 amide bonds. The molecule has 6 heteroatoms. The van der Waals surface area contributed by atoms with E-state index in [9.17, 15) is 12.8 Å². The Morgan fingerprint density at radius 3 is 2.52 bits per heavy atom. The second kappa shape index (κ2) is 7.55. The maximum absolute atomic E-state index is 13.9. The highest BCUT2D eigenvalue weighted by Gasteiger charge is 2.20. The Morgan fingerprint density at radius 1 is 1.33 bits per heavy atom. The van der Waals surface area contributed by atoms with Crippen molar-refractivity contribution in [2.24, 2.45) is 17.6 Å². The summed E-state index contributed by atoms with van der Waals surface area (Å²) in [5.74, 6) is 4.93. The van der Waals surface area contributed by atoms with Gasteiger partial charge in [0, 0.05) is 12.1 Å². The van der Waals surface area contributed by atoms with Gasteiger partial charge in [-0.15, -0.1) is 0 Å². The van der Waals surface area contributed by atoms with E-state index in [1.54, 1.807) is 0 Å². The van der Waals surface area contributed by atoms with Crippen LogP contribution in [0.3, 0.4) is 0 Å². The molecule has 0 bridgehead atoms. The monoisotopic (exact) mass is 312 g/mol. The second-order valence-electron chi connectivity index (χ2n) is 5.22. The van der Waals surface area contributed by atoms with Crippen molar-refractivity contribution in [2.45, 2.75) is 25.7 Å². The third kappa shape index (κ3) is 5.12. The zero-order valence-corrected chi connectivity index (χ0v) is 13.3. The van der Waals surface area contributed by atoms with Crippen LogP contribution in [0.5, 0.6) is 0 Å². The van der Waals surface area contributed by atoms with Crippen LogP contribution in [0.1, 0.15) is 26.3 Å². The molecule has 21 heavy (non-hydrogen) atoms. The molecule has 0 aliphatic carbocycles. The Kier molecular flexibility index (Phi) is 6.34. The molecule has 0 aliphatic heterocycles. The van der Waals surface area contributed by atoms with Gasteiger partial charge in [-0.2, -0.15) is 0 Å². The number of rotatable bonds is 5. The lowest BCUT2D eigenvalue weighted by Crippen LogP contribution is -2.30. The molecule has 0 saturated carbocycles. The Labute approximate surface area is 126 Å². The van der Waals surface area contributed by atoms with Crippen molar-refractivity contribution in [1.29, 1.82) is 0 Å². The predicted molar refractivity (Wildman–Crippen MR) is 81.5 cm³/mol. The average molecular weight is 312 g/mol. The van der Waals surface area contributed by atoms with Crippen molar-refractivity contribution < 1.29 is 12.8 Å². The molecule has 0 fully saturated rings. The summed E-state index contributed by atoms with van der Waals surface area (Å²) in [6.07, 6.45) is 0. The molecule has 0 aromatic heterocycles. The number of nitrogens with two attached hydrogens (primary N) is 1. The second-order valence-corrected chi connectivity index (χ2v) is 6.96. The van der Waals surface area contributed by atoms with Crippen molar-refractivity contribution in [2.75, 3.05) is 13.1 Å². The van der Waals surface area contributed by atoms with E-state index >= 15 is 0 Å². The molecular formula is C15H21FN2O2S. The van der Waals surface area contributed by atoms with Gasteiger partial charge >= 0.3 is 0 Å². The number of hydrogen-bond donors (Lipinski definition) is 2. The first kappa shape index (κ1) is 17.6. The van der Waals surface area contributed by atoms with Gasteiger partial charge in [-0.1, -0.05) is 32.6 Å². The Morgan fingerprint density at radius 2 is 2.00 bits per heavy atom. The molecule has 0 aliphatic rings. The molecule has 0 radical (unpaired) electrons. The van der Waals surface area contributed by atoms with Gasteiger partial charge in [0.25, 0.3) is 0 Å². The van der Waals surface area contributed by atoms with Crippen LogP contribution >= 0.6 is 0 Å². The summed E-state index contributed by atoms with van der Waals surface area (Å²) in [5, 5.41) is 0. The summed E-state index contributed by atoms with van der Waals surface area (Å²) in [6, 6.07) is 3.79. The first-order valence-corrected chi connectivity index (χ1v) is 8.24. The fraction of sp³-hybridized carbons (Fsp3) is 0.467. The van der Waals surface area contributed by atoms with E-state index in [0.29, 0.717) is 11.5 Å². The van der Waals surface area contributed by atoms with Gasteiger partial charge in [0.2, 0.25) is 10.0 Å². The third-order valence-corrected chi connectivity index (χ3v) is 4.75. The van der Waals surface area contributed by atoms with Crippen LogP contribution < -0.4 is 10.5 Å². The lowest BCUT2D eigenvalue weighted by molar-refractivity contribution is 0.414. The van der Waals surface area contributed by atoms with Crippen LogP contribution in [-0.2, 0) is 10.0 Å². The maximum Gasteiger partial charge on any atom is 0.243 e. The van der Waals surface area contributed by atoms with E-state index in [-0.39, 0.29) is 23.9 Å². The minimum atomic E-state index is -3.85. The molecule has 1 rings (SSSR count). The van der Waals surface area contributed by atoms with E-state index in [4.69, 9.17) is 5.73 Å². The number of hydrogen-bond acceptors (Lipinski definition) is 3. The minimum absolute atomic E-state index is 0.163. The predicted octanol–water partition coefficient (Wildman–Crippen LogP) is 1.71. The summed E-state index contributed by atoms with van der Waals surface area (Å²) < 4.78 is 40.6. The van der Waals surface area contributed by atoms with Crippen LogP contribution in [0.25, 0.3) is 0 Å². The SMILES string of the molecule is CC(C)C(C)CNS(=O)(=O)c1ccc(C#CCN)cc1F. The summed E-state index contributed by atoms with van der Waals surface area (Å²) >= 11 is 0. The van der Waals surface area contributed by atoms with E-state index in [1.165, 1.54) is 12.1 Å². The number of sulfonamides is 1. The van der Waals surface area contributed by atoms with Gasteiger partial charge in [0.05, 0.1) is 6.54 Å². The largest absolute Gasteiger partial charge is 0.320 e. The Balaban J connectivity index is 2.94. The van der Waals surface area contributed by atoms with Gasteiger partial charge in [0.15, 0.2) is 0 Å². The van der Waals surface area contributed by atoms with Crippen LogP contribution in [-0.4, -0.2) is 21.5 Å². The van der Waals surface area contributed by atoms with Crippen molar-refractivity contribution in [1.82, 2.24) is 4.72 Å². The number of halogens is 1. The van der Waals surface area contributed by atoms with Gasteiger partial charge in [-0.05, 0) is 30.0 Å². The summed E-state index contributed by atoms with van der Waals surface area (Å²) in [4.78, 5) is -0.364. The van der Waals surface area contributed by atoms with Crippen molar-refractivity contribution in [3.63, 3.8) is 0 Å². The van der Waals surface area contributed by atoms with Gasteiger partial charge < -0.3 is 5.73 Å². The maximum atomic E-state index is 13.9. The average Bonchev–Trinajstić information content (AvgIpc) is 2.42. The van der Waals surface area contributed by atoms with Gasteiger partial charge in [0.1, 0.15) is 10.7 Å². The zero-order valence-electron chi connectivity index (χ0n) is 12.5. The highest BCUT2D eigenvalue weighted by Crippen LogP contribution is 2.16. The van der Waals surface area contributed by atoms with Crippen LogP contribution in [0, 0.1) is 29.5 Å². The van der Waals surface area contributed by atoms with Gasteiger partial charge in [-0.25, -0.2) is 17.5 Å². The van der Waals surface area contributed by atoms with Crippen LogP contribution in [0.2, 0.25) is 0 Å². The molecule has 1 atom stereocenters. The molecule has 0 saturated heterocycles. The van der Waals surface area contributed by atoms with Gasteiger partial charge in [-0.3, -0.25) is 0 Å². The quantitative estimate of drug-likeness (QED) is 0.813. The van der Waals surface area contributed by atoms with Crippen LogP contribution in [0.15, 0.2) is 23.1 Å². The molecule has 1 aromatic carbocycles. The fourth-order valence-electron chi connectivity index (χ4n) is 1.50. The highest BCUT2D eigenvalue weighted by atomic mass is 32.2. The molecule has 4 nitrogen and oxygen atoms in total. The van der Waals surface area contributed by atoms with Crippen molar-refractivity contribution in [3.8, 4) is 11.8 Å². The normalized spacial score (nSPS) is 12.9. The molecule has 1 unspecified atom stereocenters. The number of benzene rings is 1.